The third-order valence-electron chi connectivity index (χ3n) is 4.37. The molecule has 0 aliphatic carbocycles. The number of halogens is 1. The minimum atomic E-state index is -3.10. The van der Waals surface area contributed by atoms with Crippen LogP contribution in [0.25, 0.3) is 0 Å². The van der Waals surface area contributed by atoms with Crippen molar-refractivity contribution >= 4 is 43.5 Å². The first-order valence-electron chi connectivity index (χ1n) is 7.69. The molecular weight excluding hydrogens is 416 g/mol. The van der Waals surface area contributed by atoms with Crippen LogP contribution in [0.5, 0.6) is 0 Å². The molecule has 2 aliphatic rings. The summed E-state index contributed by atoms with van der Waals surface area (Å²) < 4.78 is 23.8. The average Bonchev–Trinajstić information content (AvgIpc) is 3.23. The van der Waals surface area contributed by atoms with Crippen LogP contribution in [0.1, 0.15) is 23.3 Å². The van der Waals surface area contributed by atoms with Crippen molar-refractivity contribution in [3.05, 3.63) is 22.4 Å². The monoisotopic (exact) mass is 432 g/mol. The number of carbonyl (C=O) groups is 3. The molecule has 136 valence electrons. The quantitative estimate of drug-likeness (QED) is 0.558. The molecule has 0 spiro atoms. The Labute approximate surface area is 152 Å². The number of sulfone groups is 1. The molecule has 25 heavy (non-hydrogen) atoms. The van der Waals surface area contributed by atoms with Crippen molar-refractivity contribution in [1.29, 1.82) is 0 Å². The lowest BCUT2D eigenvalue weighted by Crippen LogP contribution is -2.45. The average molecular weight is 433 g/mol. The zero-order valence-corrected chi connectivity index (χ0v) is 15.5. The van der Waals surface area contributed by atoms with Crippen LogP contribution in [0.2, 0.25) is 0 Å². The van der Waals surface area contributed by atoms with E-state index in [1.165, 1.54) is 4.90 Å². The Morgan fingerprint density at radius 1 is 1.32 bits per heavy atom. The molecule has 0 saturated carbocycles. The van der Waals surface area contributed by atoms with Crippen LogP contribution in [-0.4, -0.2) is 60.1 Å². The summed E-state index contributed by atoms with van der Waals surface area (Å²) in [6, 6.07) is 1.20. The summed E-state index contributed by atoms with van der Waals surface area (Å²) in [5, 5.41) is 0. The standard InChI is InChI=1S/C14H17BrN4O5S/c15-9-4-11(16-5-9)14(22)18-17-13(21)8-3-12(20)19(6-8)10-1-2-25(23,24)7-10/h4-5,8,10,16H,1-3,6-7H2,(H,17,21)(H,18,22). The third-order valence-corrected chi connectivity index (χ3v) is 6.58. The Balaban J connectivity index is 1.53. The number of nitrogens with one attached hydrogen (secondary N) is 3. The van der Waals surface area contributed by atoms with Crippen molar-refractivity contribution in [1.82, 2.24) is 20.7 Å². The number of hydrogen-bond acceptors (Lipinski definition) is 5. The molecule has 0 radical (unpaired) electrons. The predicted octanol–water partition coefficient (Wildman–Crippen LogP) is -0.426. The van der Waals surface area contributed by atoms with E-state index in [1.807, 2.05) is 0 Å². The van der Waals surface area contributed by atoms with Crippen molar-refractivity contribution in [2.75, 3.05) is 18.1 Å². The first-order valence-corrected chi connectivity index (χ1v) is 10.3. The van der Waals surface area contributed by atoms with Crippen molar-refractivity contribution in [3.8, 4) is 0 Å². The van der Waals surface area contributed by atoms with Crippen molar-refractivity contribution in [2.24, 2.45) is 5.92 Å². The van der Waals surface area contributed by atoms with E-state index < -0.39 is 27.6 Å². The van der Waals surface area contributed by atoms with Gasteiger partial charge in [-0.3, -0.25) is 25.2 Å². The highest BCUT2D eigenvalue weighted by Crippen LogP contribution is 2.26. The molecule has 11 heteroatoms. The number of H-pyrrole nitrogens is 1. The van der Waals surface area contributed by atoms with Gasteiger partial charge in [-0.1, -0.05) is 0 Å². The molecule has 2 saturated heterocycles. The second-order valence-corrected chi connectivity index (χ2v) is 9.32. The topological polar surface area (TPSA) is 128 Å². The van der Waals surface area contributed by atoms with Gasteiger partial charge in [0.1, 0.15) is 5.69 Å². The molecule has 1 aromatic rings. The summed E-state index contributed by atoms with van der Waals surface area (Å²) in [6.07, 6.45) is 1.99. The fraction of sp³-hybridized carbons (Fsp3) is 0.500. The largest absolute Gasteiger partial charge is 0.356 e. The van der Waals surface area contributed by atoms with E-state index in [-0.39, 0.29) is 42.1 Å². The lowest BCUT2D eigenvalue weighted by molar-refractivity contribution is -0.130. The Hall–Kier alpha value is -1.88. The van der Waals surface area contributed by atoms with Gasteiger partial charge in [0.25, 0.3) is 5.91 Å². The summed E-state index contributed by atoms with van der Waals surface area (Å²) in [5.74, 6) is -1.82. The number of hydrazine groups is 1. The van der Waals surface area contributed by atoms with Crippen LogP contribution in [0.4, 0.5) is 0 Å². The van der Waals surface area contributed by atoms with Gasteiger partial charge in [0.2, 0.25) is 11.8 Å². The Bertz CT molecular complexity index is 821. The van der Waals surface area contributed by atoms with Gasteiger partial charge in [-0.2, -0.15) is 0 Å². The van der Waals surface area contributed by atoms with E-state index in [1.54, 1.807) is 12.3 Å². The lowest BCUT2D eigenvalue weighted by atomic mass is 10.1. The van der Waals surface area contributed by atoms with E-state index in [2.05, 4.69) is 31.8 Å². The van der Waals surface area contributed by atoms with Gasteiger partial charge in [-0.25, -0.2) is 8.42 Å². The van der Waals surface area contributed by atoms with Crippen molar-refractivity contribution in [3.63, 3.8) is 0 Å². The molecule has 2 aliphatic heterocycles. The van der Waals surface area contributed by atoms with Crippen molar-refractivity contribution in [2.45, 2.75) is 18.9 Å². The summed E-state index contributed by atoms with van der Waals surface area (Å²) in [7, 11) is -3.10. The molecule has 3 amide bonds. The second kappa shape index (κ2) is 6.79. The van der Waals surface area contributed by atoms with Crippen LogP contribution in [-0.2, 0) is 19.4 Å². The highest BCUT2D eigenvalue weighted by molar-refractivity contribution is 9.10. The fourth-order valence-corrected chi connectivity index (χ4v) is 5.14. The number of nitrogens with zero attached hydrogens (tertiary/aromatic N) is 1. The number of rotatable bonds is 3. The Kier molecular flexibility index (Phi) is 4.87. The molecule has 3 rings (SSSR count). The summed E-state index contributed by atoms with van der Waals surface area (Å²) in [5.41, 5.74) is 4.86. The molecule has 0 aromatic carbocycles. The maximum absolute atomic E-state index is 12.2. The van der Waals surface area contributed by atoms with Gasteiger partial charge in [0, 0.05) is 29.7 Å². The van der Waals surface area contributed by atoms with Gasteiger partial charge in [0.15, 0.2) is 9.84 Å². The molecule has 2 atom stereocenters. The Morgan fingerprint density at radius 2 is 2.08 bits per heavy atom. The first kappa shape index (κ1) is 17.9. The first-order chi connectivity index (χ1) is 11.7. The SMILES string of the molecule is O=C(NNC(=O)C1CC(=O)N(C2CCS(=O)(=O)C2)C1)c1cc(Br)c[nH]1. The minimum absolute atomic E-state index is 0.00625. The molecule has 1 aromatic heterocycles. The normalized spacial score (nSPS) is 25.2. The zero-order valence-electron chi connectivity index (χ0n) is 13.1. The smallest absolute Gasteiger partial charge is 0.286 e. The maximum atomic E-state index is 12.2. The van der Waals surface area contributed by atoms with Gasteiger partial charge in [0.05, 0.1) is 17.4 Å². The van der Waals surface area contributed by atoms with E-state index in [4.69, 9.17) is 0 Å². The van der Waals surface area contributed by atoms with Crippen LogP contribution >= 0.6 is 15.9 Å². The van der Waals surface area contributed by atoms with Gasteiger partial charge in [-0.05, 0) is 28.4 Å². The van der Waals surface area contributed by atoms with E-state index in [0.717, 1.165) is 0 Å². The fourth-order valence-electron chi connectivity index (χ4n) is 3.07. The predicted molar refractivity (Wildman–Crippen MR) is 91.0 cm³/mol. The van der Waals surface area contributed by atoms with Crippen LogP contribution in [0.3, 0.4) is 0 Å². The summed E-state index contributed by atoms with van der Waals surface area (Å²) in [4.78, 5) is 40.3. The third kappa shape index (κ3) is 4.03. The van der Waals surface area contributed by atoms with Gasteiger partial charge in [-0.15, -0.1) is 0 Å². The summed E-state index contributed by atoms with van der Waals surface area (Å²) >= 11 is 3.20. The highest BCUT2D eigenvalue weighted by atomic mass is 79.9. The molecule has 2 unspecified atom stereocenters. The zero-order chi connectivity index (χ0) is 18.2. The van der Waals surface area contributed by atoms with Gasteiger partial charge < -0.3 is 9.88 Å². The van der Waals surface area contributed by atoms with Crippen molar-refractivity contribution < 1.29 is 22.8 Å². The number of likely N-dealkylation sites (tertiary alicyclic amines) is 1. The number of aromatic amines is 1. The number of carbonyl (C=O) groups excluding carboxylic acids is 3. The molecule has 2 fully saturated rings. The number of hydrogen-bond donors (Lipinski definition) is 3. The molecule has 3 heterocycles. The lowest BCUT2D eigenvalue weighted by Gasteiger charge is -2.22. The molecular formula is C14H17BrN4O5S. The highest BCUT2D eigenvalue weighted by Gasteiger charge is 2.41. The molecule has 0 bridgehead atoms. The van der Waals surface area contributed by atoms with E-state index in [9.17, 15) is 22.8 Å². The Morgan fingerprint density at radius 3 is 2.68 bits per heavy atom. The minimum Gasteiger partial charge on any atom is -0.356 e. The van der Waals surface area contributed by atoms with Gasteiger partial charge >= 0.3 is 0 Å². The number of amides is 3. The van der Waals surface area contributed by atoms with E-state index >= 15 is 0 Å². The molecule has 9 nitrogen and oxygen atoms in total. The van der Waals surface area contributed by atoms with Crippen LogP contribution in [0.15, 0.2) is 16.7 Å². The number of aromatic nitrogens is 1. The van der Waals surface area contributed by atoms with Crippen LogP contribution in [0, 0.1) is 5.92 Å². The van der Waals surface area contributed by atoms with Crippen LogP contribution < -0.4 is 10.9 Å². The maximum Gasteiger partial charge on any atom is 0.286 e. The second-order valence-electron chi connectivity index (χ2n) is 6.18. The molecule has 3 N–H and O–H groups in total. The van der Waals surface area contributed by atoms with E-state index in [0.29, 0.717) is 10.9 Å². The summed E-state index contributed by atoms with van der Waals surface area (Å²) in [6.45, 7) is 0.161.